The first-order valence-electron chi connectivity index (χ1n) is 12.0. The first-order valence-corrected chi connectivity index (χ1v) is 15.6. The van der Waals surface area contributed by atoms with E-state index < -0.39 is 15.3 Å². The highest BCUT2D eigenvalue weighted by Gasteiger charge is 2.22. The summed E-state index contributed by atoms with van der Waals surface area (Å²) in [6.07, 6.45) is 0. The quantitative estimate of drug-likeness (QED) is 0.223. The second-order valence-electron chi connectivity index (χ2n) is 7.75. The number of rotatable bonds is 9. The van der Waals surface area contributed by atoms with Gasteiger partial charge in [0.2, 0.25) is 0 Å². The fourth-order valence-electron chi connectivity index (χ4n) is 3.83. The third-order valence-corrected chi connectivity index (χ3v) is 11.0. The van der Waals surface area contributed by atoms with Crippen molar-refractivity contribution in [2.45, 2.75) is 13.8 Å². The summed E-state index contributed by atoms with van der Waals surface area (Å²) < 4.78 is 13.4. The molecule has 188 valence electrons. The summed E-state index contributed by atoms with van der Waals surface area (Å²) in [5.74, 6) is 1.84. The van der Waals surface area contributed by atoms with Crippen LogP contribution in [-0.4, -0.2) is 32.0 Å². The third kappa shape index (κ3) is 7.31. The van der Waals surface area contributed by atoms with Gasteiger partial charge >= 0.3 is 0 Å². The van der Waals surface area contributed by atoms with Gasteiger partial charge in [0.1, 0.15) is 11.5 Å². The molecule has 0 aromatic heterocycles. The molecule has 4 aromatic rings. The zero-order valence-corrected chi connectivity index (χ0v) is 23.9. The molecule has 0 saturated carbocycles. The first kappa shape index (κ1) is 28.2. The van der Waals surface area contributed by atoms with E-state index in [-0.39, 0.29) is 0 Å². The van der Waals surface area contributed by atoms with E-state index >= 15 is 0 Å². The molecule has 0 fully saturated rings. The van der Waals surface area contributed by atoms with E-state index in [2.05, 4.69) is 67.0 Å². The summed E-state index contributed by atoms with van der Waals surface area (Å²) >= 11 is 6.50. The largest absolute Gasteiger partial charge is 0.496 e. The molecule has 4 aromatic carbocycles. The molecule has 0 heterocycles. The average molecular weight is 538 g/mol. The van der Waals surface area contributed by atoms with Crippen LogP contribution in [0, 0.1) is 0 Å². The van der Waals surface area contributed by atoms with Gasteiger partial charge in [0, 0.05) is 18.7 Å². The van der Waals surface area contributed by atoms with Crippen molar-refractivity contribution in [1.82, 2.24) is 4.67 Å². The zero-order chi connectivity index (χ0) is 25.8. The van der Waals surface area contributed by atoms with Crippen molar-refractivity contribution in [2.75, 3.05) is 27.3 Å². The van der Waals surface area contributed by atoms with Gasteiger partial charge in [-0.05, 0) is 48.0 Å². The van der Waals surface area contributed by atoms with Crippen LogP contribution in [0.2, 0.25) is 0 Å². The number of ether oxygens (including phenoxy) is 2. The van der Waals surface area contributed by atoms with Gasteiger partial charge in [0.05, 0.1) is 21.5 Å². The summed E-state index contributed by atoms with van der Waals surface area (Å²) in [6.45, 7) is 6.51. The molecule has 0 aliphatic rings. The Morgan fingerprint density at radius 2 is 1.00 bits per heavy atom. The van der Waals surface area contributed by atoms with E-state index in [4.69, 9.17) is 20.7 Å². The van der Waals surface area contributed by atoms with E-state index in [0.717, 1.165) is 35.2 Å². The molecule has 36 heavy (non-hydrogen) atoms. The van der Waals surface area contributed by atoms with Crippen LogP contribution in [-0.2, 0) is 0 Å². The molecule has 0 spiro atoms. The van der Waals surface area contributed by atoms with Crippen LogP contribution in [0.3, 0.4) is 0 Å². The van der Waals surface area contributed by atoms with Gasteiger partial charge in [-0.25, -0.2) is 0 Å². The van der Waals surface area contributed by atoms with Crippen molar-refractivity contribution in [3.8, 4) is 11.5 Å². The highest BCUT2D eigenvalue weighted by Crippen LogP contribution is 2.42. The standard InChI is InChI=1S/C17H22NOP.C13H12ClOP/c1-4-18(5-2)20(15-11-7-6-8-12-15)17-14-10-9-13-16(17)19-3;1-15-12-9-5-6-10-13(12)16(14)11-7-3-2-4-8-11/h6-14H,4-5H2,1-3H3;2-10H,1H3. The summed E-state index contributed by atoms with van der Waals surface area (Å²) in [5, 5.41) is 4.87. The third-order valence-electron chi connectivity index (χ3n) is 5.61. The number of hydrogen-bond donors (Lipinski definition) is 0. The maximum Gasteiger partial charge on any atom is 0.128 e. The Morgan fingerprint density at radius 3 is 1.50 bits per heavy atom. The predicted molar refractivity (Wildman–Crippen MR) is 160 cm³/mol. The van der Waals surface area contributed by atoms with Gasteiger partial charge in [-0.15, -0.1) is 0 Å². The van der Waals surface area contributed by atoms with E-state index in [1.165, 1.54) is 10.6 Å². The molecule has 4 rings (SSSR count). The second-order valence-corrected chi connectivity index (χ2v) is 12.5. The molecule has 2 unspecified atom stereocenters. The predicted octanol–water partition coefficient (Wildman–Crippen LogP) is 6.67. The van der Waals surface area contributed by atoms with Crippen molar-refractivity contribution in [2.24, 2.45) is 0 Å². The molecule has 0 N–H and O–H groups in total. The van der Waals surface area contributed by atoms with E-state index in [1.54, 1.807) is 14.2 Å². The van der Waals surface area contributed by atoms with Gasteiger partial charge in [-0.1, -0.05) is 110 Å². The van der Waals surface area contributed by atoms with Crippen molar-refractivity contribution < 1.29 is 9.47 Å². The van der Waals surface area contributed by atoms with Crippen molar-refractivity contribution in [3.63, 3.8) is 0 Å². The Labute approximate surface area is 223 Å². The van der Waals surface area contributed by atoms with E-state index in [9.17, 15) is 0 Å². The molecule has 0 bridgehead atoms. The Bertz CT molecular complexity index is 1170. The van der Waals surface area contributed by atoms with Crippen LogP contribution in [0.25, 0.3) is 0 Å². The Kier molecular flexibility index (Phi) is 11.7. The molecule has 0 aliphatic heterocycles. The summed E-state index contributed by atoms with van der Waals surface area (Å²) in [4.78, 5) is 0. The minimum absolute atomic E-state index is 0.533. The Morgan fingerprint density at radius 1 is 0.583 bits per heavy atom. The van der Waals surface area contributed by atoms with Gasteiger partial charge < -0.3 is 9.47 Å². The van der Waals surface area contributed by atoms with Crippen molar-refractivity contribution in [1.29, 1.82) is 0 Å². The van der Waals surface area contributed by atoms with Crippen LogP contribution in [0.15, 0.2) is 109 Å². The van der Waals surface area contributed by atoms with Crippen molar-refractivity contribution >= 4 is 47.8 Å². The Balaban J connectivity index is 0.000000205. The molecule has 2 atom stereocenters. The lowest BCUT2D eigenvalue weighted by Crippen LogP contribution is -2.29. The monoisotopic (exact) mass is 537 g/mol. The van der Waals surface area contributed by atoms with Crippen molar-refractivity contribution in [3.05, 3.63) is 109 Å². The minimum Gasteiger partial charge on any atom is -0.496 e. The zero-order valence-electron chi connectivity index (χ0n) is 21.3. The highest BCUT2D eigenvalue weighted by molar-refractivity contribution is 7.95. The summed E-state index contributed by atoms with van der Waals surface area (Å²) in [6, 6.07) is 37.1. The molecule has 0 aliphatic carbocycles. The fourth-order valence-corrected chi connectivity index (χ4v) is 8.40. The molecule has 6 heteroatoms. The number of benzene rings is 4. The summed E-state index contributed by atoms with van der Waals surface area (Å²) in [5.41, 5.74) is 0. The normalized spacial score (nSPS) is 12.3. The van der Waals surface area contributed by atoms with Gasteiger partial charge in [-0.2, -0.15) is 0 Å². The van der Waals surface area contributed by atoms with Crippen LogP contribution in [0.1, 0.15) is 13.8 Å². The smallest absolute Gasteiger partial charge is 0.128 e. The molecular weight excluding hydrogens is 504 g/mol. The number of methoxy groups -OCH3 is 2. The number of nitrogens with zero attached hydrogens (tertiary/aromatic N) is 1. The Hall–Kier alpha value is -2.41. The lowest BCUT2D eigenvalue weighted by Gasteiger charge is -2.31. The van der Waals surface area contributed by atoms with Gasteiger partial charge in [0.25, 0.3) is 0 Å². The fraction of sp³-hybridized carbons (Fsp3) is 0.200. The minimum atomic E-state index is -0.850. The number of halogens is 1. The van der Waals surface area contributed by atoms with Crippen LogP contribution in [0.4, 0.5) is 0 Å². The van der Waals surface area contributed by atoms with E-state index in [0.29, 0.717) is 0 Å². The van der Waals surface area contributed by atoms with Crippen LogP contribution in [0.5, 0.6) is 11.5 Å². The molecular formula is C30H34ClNO2P2. The average Bonchev–Trinajstić information content (AvgIpc) is 2.96. The SMILES string of the molecule is CCN(CC)P(c1ccccc1)c1ccccc1OC.COc1ccccc1P(Cl)c1ccccc1. The van der Waals surface area contributed by atoms with Crippen LogP contribution < -0.4 is 30.7 Å². The molecule has 0 radical (unpaired) electrons. The topological polar surface area (TPSA) is 21.7 Å². The summed E-state index contributed by atoms with van der Waals surface area (Å²) in [7, 11) is 2.04. The highest BCUT2D eigenvalue weighted by atomic mass is 35.7. The van der Waals surface area contributed by atoms with E-state index in [1.807, 2.05) is 60.7 Å². The first-order chi connectivity index (χ1) is 17.6. The second kappa shape index (κ2) is 15.0. The molecule has 3 nitrogen and oxygen atoms in total. The lowest BCUT2D eigenvalue weighted by atomic mass is 10.3. The maximum atomic E-state index is 6.50. The van der Waals surface area contributed by atoms with Crippen LogP contribution >= 0.6 is 26.6 Å². The maximum absolute atomic E-state index is 6.50. The molecule has 0 amide bonds. The number of hydrogen-bond acceptors (Lipinski definition) is 3. The number of para-hydroxylation sites is 2. The van der Waals surface area contributed by atoms with Gasteiger partial charge in [-0.3, -0.25) is 4.67 Å². The van der Waals surface area contributed by atoms with Gasteiger partial charge in [0.15, 0.2) is 0 Å². The molecule has 0 saturated heterocycles. The lowest BCUT2D eigenvalue weighted by molar-refractivity contribution is 0.417.